The van der Waals surface area contributed by atoms with E-state index in [1.807, 2.05) is 12.1 Å². The van der Waals surface area contributed by atoms with Crippen LogP contribution in [0, 0.1) is 0 Å². The number of allylic oxidation sites excluding steroid dienone is 1. The number of benzene rings is 2. The second-order valence-electron chi connectivity index (χ2n) is 7.58. The SMILES string of the molecule is CCN1c2cc(OC)c(OC)cc2C(C)=C(C(=O)Nc2ccc(C(C)C)cc2)S1(=O)=O. The number of carbonyl (C=O) groups excluding carboxylic acids is 1. The number of hydrogen-bond acceptors (Lipinski definition) is 5. The minimum absolute atomic E-state index is 0.165. The molecule has 0 saturated heterocycles. The van der Waals surface area contributed by atoms with E-state index in [0.717, 1.165) is 5.56 Å². The predicted octanol–water partition coefficient (Wildman–Crippen LogP) is 4.37. The smallest absolute Gasteiger partial charge is 0.270 e. The summed E-state index contributed by atoms with van der Waals surface area (Å²) < 4.78 is 38.7. The molecule has 0 fully saturated rings. The predicted molar refractivity (Wildman–Crippen MR) is 123 cm³/mol. The van der Waals surface area contributed by atoms with E-state index >= 15 is 0 Å². The van der Waals surface area contributed by atoms with Crippen LogP contribution in [0.25, 0.3) is 5.57 Å². The number of amides is 1. The largest absolute Gasteiger partial charge is 0.493 e. The molecule has 0 unspecified atom stereocenters. The second-order valence-corrected chi connectivity index (χ2v) is 9.38. The maximum Gasteiger partial charge on any atom is 0.270 e. The first-order valence-corrected chi connectivity index (χ1v) is 11.5. The number of methoxy groups -OCH3 is 2. The summed E-state index contributed by atoms with van der Waals surface area (Å²) in [4.78, 5) is 12.9. The van der Waals surface area contributed by atoms with Gasteiger partial charge in [0.1, 0.15) is 0 Å². The third kappa shape index (κ3) is 3.99. The first-order chi connectivity index (χ1) is 14.6. The molecule has 1 aliphatic rings. The van der Waals surface area contributed by atoms with Crippen LogP contribution in [0.5, 0.6) is 11.5 Å². The molecule has 1 amide bonds. The molecule has 1 N–H and O–H groups in total. The maximum atomic E-state index is 13.4. The fourth-order valence-corrected chi connectivity index (χ4v) is 5.45. The van der Waals surface area contributed by atoms with E-state index in [2.05, 4.69) is 19.2 Å². The molecule has 0 saturated carbocycles. The highest BCUT2D eigenvalue weighted by Gasteiger charge is 2.39. The van der Waals surface area contributed by atoms with Crippen molar-refractivity contribution >= 4 is 32.9 Å². The van der Waals surface area contributed by atoms with Crippen molar-refractivity contribution in [3.63, 3.8) is 0 Å². The van der Waals surface area contributed by atoms with Crippen molar-refractivity contribution in [3.05, 3.63) is 52.4 Å². The molecule has 2 aromatic rings. The van der Waals surface area contributed by atoms with E-state index < -0.39 is 15.9 Å². The molecule has 166 valence electrons. The number of nitrogens with zero attached hydrogens (tertiary/aromatic N) is 1. The van der Waals surface area contributed by atoms with Crippen LogP contribution in [0.2, 0.25) is 0 Å². The number of fused-ring (bicyclic) bond motifs is 1. The molecule has 3 rings (SSSR count). The lowest BCUT2D eigenvalue weighted by atomic mass is 10.0. The van der Waals surface area contributed by atoms with E-state index in [-0.39, 0.29) is 11.4 Å². The topological polar surface area (TPSA) is 84.9 Å². The number of carbonyl (C=O) groups is 1. The van der Waals surface area contributed by atoms with Crippen molar-refractivity contribution in [2.45, 2.75) is 33.6 Å². The summed E-state index contributed by atoms with van der Waals surface area (Å²) in [5.41, 5.74) is 3.08. The van der Waals surface area contributed by atoms with Gasteiger partial charge in [-0.15, -0.1) is 0 Å². The standard InChI is InChI=1S/C23H28N2O5S/c1-7-25-19-13-21(30-6)20(29-5)12-18(19)15(4)22(31(25,27)28)23(26)24-17-10-8-16(9-11-17)14(2)3/h8-14H,7H2,1-6H3,(H,24,26). The van der Waals surface area contributed by atoms with Gasteiger partial charge in [0.25, 0.3) is 15.9 Å². The number of nitrogens with one attached hydrogen (secondary N) is 1. The highest BCUT2D eigenvalue weighted by Crippen LogP contribution is 2.44. The van der Waals surface area contributed by atoms with Crippen molar-refractivity contribution in [2.24, 2.45) is 0 Å². The van der Waals surface area contributed by atoms with Crippen LogP contribution < -0.4 is 19.1 Å². The number of ether oxygens (including phenoxy) is 2. The van der Waals surface area contributed by atoms with E-state index in [1.54, 1.807) is 38.1 Å². The fraction of sp³-hybridized carbons (Fsp3) is 0.348. The average molecular weight is 445 g/mol. The Labute approximate surface area is 183 Å². The first kappa shape index (κ1) is 22.7. The lowest BCUT2D eigenvalue weighted by Gasteiger charge is -2.32. The van der Waals surface area contributed by atoms with E-state index in [9.17, 15) is 13.2 Å². The van der Waals surface area contributed by atoms with Crippen LogP contribution in [0.15, 0.2) is 41.3 Å². The van der Waals surface area contributed by atoms with Gasteiger partial charge in [0.05, 0.1) is 19.9 Å². The summed E-state index contributed by atoms with van der Waals surface area (Å²) in [7, 11) is -1.06. The van der Waals surface area contributed by atoms with Crippen LogP contribution in [0.3, 0.4) is 0 Å². The van der Waals surface area contributed by atoms with Crippen molar-refractivity contribution in [1.29, 1.82) is 0 Å². The quantitative estimate of drug-likeness (QED) is 0.715. The molecule has 0 aliphatic carbocycles. The Morgan fingerprint density at radius 3 is 2.16 bits per heavy atom. The molecule has 0 atom stereocenters. The zero-order valence-electron chi connectivity index (χ0n) is 18.6. The normalized spacial score (nSPS) is 15.0. The van der Waals surface area contributed by atoms with Gasteiger partial charge in [-0.25, -0.2) is 8.42 Å². The summed E-state index contributed by atoms with van der Waals surface area (Å²) >= 11 is 0. The Morgan fingerprint density at radius 2 is 1.65 bits per heavy atom. The first-order valence-electron chi connectivity index (χ1n) is 10.1. The zero-order valence-corrected chi connectivity index (χ0v) is 19.5. The molecule has 8 heteroatoms. The highest BCUT2D eigenvalue weighted by molar-refractivity contribution is 7.97. The third-order valence-electron chi connectivity index (χ3n) is 5.39. The Hall–Kier alpha value is -3.00. The van der Waals surface area contributed by atoms with Gasteiger partial charge >= 0.3 is 0 Å². The Bertz CT molecular complexity index is 1140. The van der Waals surface area contributed by atoms with Gasteiger partial charge in [-0.05, 0) is 49.1 Å². The van der Waals surface area contributed by atoms with Gasteiger partial charge < -0.3 is 14.8 Å². The van der Waals surface area contributed by atoms with Gasteiger partial charge in [0.15, 0.2) is 16.4 Å². The van der Waals surface area contributed by atoms with Crippen LogP contribution in [0.4, 0.5) is 11.4 Å². The highest BCUT2D eigenvalue weighted by atomic mass is 32.2. The second kappa shape index (κ2) is 8.63. The molecular weight excluding hydrogens is 416 g/mol. The van der Waals surface area contributed by atoms with Crippen LogP contribution in [0.1, 0.15) is 44.7 Å². The minimum atomic E-state index is -4.06. The monoisotopic (exact) mass is 444 g/mol. The van der Waals surface area contributed by atoms with Crippen molar-refractivity contribution in [2.75, 3.05) is 30.4 Å². The zero-order chi connectivity index (χ0) is 22.9. The maximum absolute atomic E-state index is 13.4. The number of sulfonamides is 1. The van der Waals surface area contributed by atoms with Crippen molar-refractivity contribution in [3.8, 4) is 11.5 Å². The average Bonchev–Trinajstić information content (AvgIpc) is 2.73. The van der Waals surface area contributed by atoms with Gasteiger partial charge in [-0.3, -0.25) is 9.10 Å². The van der Waals surface area contributed by atoms with Crippen LogP contribution in [-0.4, -0.2) is 35.1 Å². The van der Waals surface area contributed by atoms with Crippen molar-refractivity contribution < 1.29 is 22.7 Å². The van der Waals surface area contributed by atoms with Crippen LogP contribution >= 0.6 is 0 Å². The third-order valence-corrected chi connectivity index (χ3v) is 7.43. The van der Waals surface area contributed by atoms with E-state index in [4.69, 9.17) is 9.47 Å². The van der Waals surface area contributed by atoms with Gasteiger partial charge in [0.2, 0.25) is 0 Å². The summed E-state index contributed by atoms with van der Waals surface area (Å²) in [5, 5.41) is 2.73. The molecule has 0 aromatic heterocycles. The molecule has 7 nitrogen and oxygen atoms in total. The molecule has 0 spiro atoms. The fourth-order valence-electron chi connectivity index (χ4n) is 3.70. The van der Waals surface area contributed by atoms with Gasteiger partial charge in [-0.2, -0.15) is 0 Å². The molecule has 0 radical (unpaired) electrons. The Kier molecular flexibility index (Phi) is 6.31. The minimum Gasteiger partial charge on any atom is -0.493 e. The molecule has 0 bridgehead atoms. The molecular formula is C23H28N2O5S. The number of anilines is 2. The number of rotatable bonds is 6. The van der Waals surface area contributed by atoms with E-state index in [0.29, 0.717) is 39.9 Å². The lowest BCUT2D eigenvalue weighted by molar-refractivity contribution is -0.112. The van der Waals surface area contributed by atoms with E-state index in [1.165, 1.54) is 18.5 Å². The van der Waals surface area contributed by atoms with Gasteiger partial charge in [0, 0.05) is 23.9 Å². The summed E-state index contributed by atoms with van der Waals surface area (Å²) in [6.45, 7) is 7.68. The molecule has 2 aromatic carbocycles. The van der Waals surface area contributed by atoms with Crippen molar-refractivity contribution in [1.82, 2.24) is 0 Å². The molecule has 31 heavy (non-hydrogen) atoms. The molecule has 1 aliphatic heterocycles. The summed E-state index contributed by atoms with van der Waals surface area (Å²) in [5.74, 6) is 0.560. The Balaban J connectivity index is 2.10. The molecule has 1 heterocycles. The summed E-state index contributed by atoms with van der Waals surface area (Å²) in [6.07, 6.45) is 0. The lowest BCUT2D eigenvalue weighted by Crippen LogP contribution is -2.39. The number of hydrogen-bond donors (Lipinski definition) is 1. The Morgan fingerprint density at radius 1 is 1.06 bits per heavy atom. The van der Waals surface area contributed by atoms with Gasteiger partial charge in [-0.1, -0.05) is 26.0 Å². The summed E-state index contributed by atoms with van der Waals surface area (Å²) in [6, 6.07) is 10.7. The van der Waals surface area contributed by atoms with Crippen LogP contribution in [-0.2, 0) is 14.8 Å².